The van der Waals surface area contributed by atoms with Crippen LogP contribution in [-0.2, 0) is 14.3 Å². The molecule has 1 aromatic rings. The van der Waals surface area contributed by atoms with Gasteiger partial charge in [-0.3, -0.25) is 9.59 Å². The molecule has 0 aliphatic carbocycles. The standard InChI is InChI=1S/C14H18N2O4/c15-13(17)9-20-12-3-1-11(2-4-12)16-14(18)10-5-7-19-8-6-10/h1-4,10H,5-9H2,(H2,15,17)(H,16,18). The fourth-order valence-corrected chi connectivity index (χ4v) is 1.99. The maximum absolute atomic E-state index is 12.0. The van der Waals surface area contributed by atoms with Crippen LogP contribution >= 0.6 is 0 Å². The Balaban J connectivity index is 1.86. The zero-order chi connectivity index (χ0) is 14.4. The number of carbonyl (C=O) groups excluding carboxylic acids is 2. The molecule has 2 rings (SSSR count). The third kappa shape index (κ3) is 4.24. The lowest BCUT2D eigenvalue weighted by Crippen LogP contribution is -2.28. The van der Waals surface area contributed by atoms with Crippen LogP contribution in [0.3, 0.4) is 0 Å². The number of hydrogen-bond donors (Lipinski definition) is 2. The monoisotopic (exact) mass is 278 g/mol. The molecule has 1 saturated heterocycles. The number of ether oxygens (including phenoxy) is 2. The first-order valence-corrected chi connectivity index (χ1v) is 6.55. The molecule has 0 unspecified atom stereocenters. The predicted molar refractivity (Wildman–Crippen MR) is 73.3 cm³/mol. The van der Waals surface area contributed by atoms with Gasteiger partial charge in [0.25, 0.3) is 5.91 Å². The topological polar surface area (TPSA) is 90.7 Å². The van der Waals surface area contributed by atoms with Crippen LogP contribution < -0.4 is 15.8 Å². The summed E-state index contributed by atoms with van der Waals surface area (Å²) < 4.78 is 10.4. The number of primary amides is 1. The van der Waals surface area contributed by atoms with Crippen LogP contribution in [0.4, 0.5) is 5.69 Å². The van der Waals surface area contributed by atoms with Gasteiger partial charge in [-0.25, -0.2) is 0 Å². The van der Waals surface area contributed by atoms with Crippen LogP contribution in [0.1, 0.15) is 12.8 Å². The second-order valence-corrected chi connectivity index (χ2v) is 4.66. The maximum atomic E-state index is 12.0. The molecule has 1 aliphatic rings. The lowest BCUT2D eigenvalue weighted by Gasteiger charge is -2.21. The van der Waals surface area contributed by atoms with Crippen LogP contribution in [-0.4, -0.2) is 31.6 Å². The van der Waals surface area contributed by atoms with E-state index in [0.29, 0.717) is 24.7 Å². The highest BCUT2D eigenvalue weighted by Crippen LogP contribution is 2.19. The summed E-state index contributed by atoms with van der Waals surface area (Å²) in [6.07, 6.45) is 1.51. The van der Waals surface area contributed by atoms with Crippen molar-refractivity contribution in [1.82, 2.24) is 0 Å². The van der Waals surface area contributed by atoms with Gasteiger partial charge in [0.1, 0.15) is 5.75 Å². The third-order valence-corrected chi connectivity index (χ3v) is 3.10. The van der Waals surface area contributed by atoms with Crippen molar-refractivity contribution in [3.63, 3.8) is 0 Å². The largest absolute Gasteiger partial charge is 0.484 e. The van der Waals surface area contributed by atoms with Gasteiger partial charge in [-0.05, 0) is 37.1 Å². The molecular formula is C14H18N2O4. The Morgan fingerprint density at radius 3 is 2.50 bits per heavy atom. The van der Waals surface area contributed by atoms with Crippen molar-refractivity contribution < 1.29 is 19.1 Å². The summed E-state index contributed by atoms with van der Waals surface area (Å²) in [6, 6.07) is 6.83. The lowest BCUT2D eigenvalue weighted by atomic mass is 9.99. The number of amides is 2. The number of nitrogens with one attached hydrogen (secondary N) is 1. The molecule has 0 spiro atoms. The summed E-state index contributed by atoms with van der Waals surface area (Å²) in [6.45, 7) is 1.11. The number of benzene rings is 1. The number of hydrogen-bond acceptors (Lipinski definition) is 4. The first-order valence-electron chi connectivity index (χ1n) is 6.55. The van der Waals surface area contributed by atoms with Gasteiger partial charge >= 0.3 is 0 Å². The zero-order valence-corrected chi connectivity index (χ0v) is 11.1. The van der Waals surface area contributed by atoms with E-state index in [-0.39, 0.29) is 18.4 Å². The van der Waals surface area contributed by atoms with Crippen molar-refractivity contribution in [2.24, 2.45) is 11.7 Å². The van der Waals surface area contributed by atoms with Crippen molar-refractivity contribution in [3.05, 3.63) is 24.3 Å². The molecule has 1 aromatic carbocycles. The Hall–Kier alpha value is -2.08. The Morgan fingerprint density at radius 2 is 1.90 bits per heavy atom. The quantitative estimate of drug-likeness (QED) is 0.837. The minimum atomic E-state index is -0.526. The van der Waals surface area contributed by atoms with E-state index >= 15 is 0 Å². The first-order chi connectivity index (χ1) is 9.65. The van der Waals surface area contributed by atoms with E-state index in [1.807, 2.05) is 0 Å². The van der Waals surface area contributed by atoms with E-state index in [2.05, 4.69) is 5.32 Å². The number of carbonyl (C=O) groups is 2. The molecular weight excluding hydrogens is 260 g/mol. The van der Waals surface area contributed by atoms with Crippen LogP contribution in [0.2, 0.25) is 0 Å². The second kappa shape index (κ2) is 6.91. The smallest absolute Gasteiger partial charge is 0.255 e. The minimum absolute atomic E-state index is 0.00883. The number of anilines is 1. The van der Waals surface area contributed by atoms with Gasteiger partial charge in [-0.2, -0.15) is 0 Å². The number of nitrogens with two attached hydrogens (primary N) is 1. The fourth-order valence-electron chi connectivity index (χ4n) is 1.99. The van der Waals surface area contributed by atoms with Gasteiger partial charge in [0.05, 0.1) is 0 Å². The summed E-state index contributed by atoms with van der Waals surface area (Å²) in [4.78, 5) is 22.6. The molecule has 0 saturated carbocycles. The lowest BCUT2D eigenvalue weighted by molar-refractivity contribution is -0.122. The Kier molecular flexibility index (Phi) is 4.95. The van der Waals surface area contributed by atoms with Crippen LogP contribution in [0.25, 0.3) is 0 Å². The van der Waals surface area contributed by atoms with Crippen molar-refractivity contribution in [2.45, 2.75) is 12.8 Å². The van der Waals surface area contributed by atoms with Crippen LogP contribution in [0.5, 0.6) is 5.75 Å². The average Bonchev–Trinajstić information content (AvgIpc) is 2.47. The maximum Gasteiger partial charge on any atom is 0.255 e. The van der Waals surface area contributed by atoms with E-state index in [4.69, 9.17) is 15.2 Å². The highest BCUT2D eigenvalue weighted by Gasteiger charge is 2.21. The second-order valence-electron chi connectivity index (χ2n) is 4.66. The summed E-state index contributed by atoms with van der Waals surface area (Å²) in [5, 5.41) is 2.86. The molecule has 108 valence electrons. The summed E-state index contributed by atoms with van der Waals surface area (Å²) in [5.74, 6) is 0.0309. The highest BCUT2D eigenvalue weighted by atomic mass is 16.5. The van der Waals surface area contributed by atoms with E-state index in [0.717, 1.165) is 12.8 Å². The normalized spacial score (nSPS) is 15.6. The van der Waals surface area contributed by atoms with Crippen LogP contribution in [0.15, 0.2) is 24.3 Å². The van der Waals surface area contributed by atoms with Crippen LogP contribution in [0, 0.1) is 5.92 Å². The molecule has 0 atom stereocenters. The van der Waals surface area contributed by atoms with E-state index < -0.39 is 5.91 Å². The molecule has 20 heavy (non-hydrogen) atoms. The van der Waals surface area contributed by atoms with E-state index in [1.54, 1.807) is 24.3 Å². The van der Waals surface area contributed by atoms with Gasteiger partial charge in [0.15, 0.2) is 6.61 Å². The van der Waals surface area contributed by atoms with Gasteiger partial charge in [-0.1, -0.05) is 0 Å². The van der Waals surface area contributed by atoms with Crippen molar-refractivity contribution in [2.75, 3.05) is 25.1 Å². The van der Waals surface area contributed by atoms with Crippen molar-refractivity contribution >= 4 is 17.5 Å². The molecule has 1 aliphatic heterocycles. The fraction of sp³-hybridized carbons (Fsp3) is 0.429. The summed E-state index contributed by atoms with van der Waals surface area (Å²) in [7, 11) is 0. The molecule has 2 amide bonds. The Labute approximate surface area is 117 Å². The van der Waals surface area contributed by atoms with Gasteiger partial charge in [-0.15, -0.1) is 0 Å². The molecule has 6 nitrogen and oxygen atoms in total. The molecule has 0 radical (unpaired) electrons. The van der Waals surface area contributed by atoms with Gasteiger partial charge in [0.2, 0.25) is 5.91 Å². The first kappa shape index (κ1) is 14.3. The SMILES string of the molecule is NC(=O)COc1ccc(NC(=O)C2CCOCC2)cc1. The molecule has 1 fully saturated rings. The highest BCUT2D eigenvalue weighted by molar-refractivity contribution is 5.92. The Morgan fingerprint density at radius 1 is 1.25 bits per heavy atom. The van der Waals surface area contributed by atoms with Gasteiger partial charge in [0, 0.05) is 24.8 Å². The average molecular weight is 278 g/mol. The van der Waals surface area contributed by atoms with Crippen molar-refractivity contribution in [1.29, 1.82) is 0 Å². The molecule has 0 aromatic heterocycles. The van der Waals surface area contributed by atoms with E-state index in [1.165, 1.54) is 0 Å². The predicted octanol–water partition coefficient (Wildman–Crippen LogP) is 0.916. The summed E-state index contributed by atoms with van der Waals surface area (Å²) >= 11 is 0. The van der Waals surface area contributed by atoms with E-state index in [9.17, 15) is 9.59 Å². The minimum Gasteiger partial charge on any atom is -0.484 e. The van der Waals surface area contributed by atoms with Gasteiger partial charge < -0.3 is 20.5 Å². The molecule has 0 bridgehead atoms. The number of rotatable bonds is 5. The molecule has 3 N–H and O–H groups in total. The summed E-state index contributed by atoms with van der Waals surface area (Å²) in [5.41, 5.74) is 5.69. The zero-order valence-electron chi connectivity index (χ0n) is 11.1. The third-order valence-electron chi connectivity index (χ3n) is 3.10. The van der Waals surface area contributed by atoms with Crippen molar-refractivity contribution in [3.8, 4) is 5.75 Å². The Bertz CT molecular complexity index is 467. The molecule has 6 heteroatoms. The molecule has 1 heterocycles.